The molecule has 0 spiro atoms. The highest BCUT2D eigenvalue weighted by molar-refractivity contribution is 6.07. The summed E-state index contributed by atoms with van der Waals surface area (Å²) < 4.78 is 5.29. The highest BCUT2D eigenvalue weighted by atomic mass is 16.5. The smallest absolute Gasteiger partial charge is 0.311 e. The van der Waals surface area contributed by atoms with Gasteiger partial charge in [-0.15, -0.1) is 6.58 Å². The Balaban J connectivity index is 2.13. The lowest BCUT2D eigenvalue weighted by Crippen LogP contribution is -2.60. The molecule has 1 aromatic carbocycles. The van der Waals surface area contributed by atoms with Crippen molar-refractivity contribution in [2.75, 3.05) is 25.1 Å². The quantitative estimate of drug-likeness (QED) is 0.590. The van der Waals surface area contributed by atoms with E-state index in [1.165, 1.54) is 0 Å². The summed E-state index contributed by atoms with van der Waals surface area (Å²) in [6.45, 7) is 7.64. The predicted molar refractivity (Wildman–Crippen MR) is 102 cm³/mol. The van der Waals surface area contributed by atoms with Gasteiger partial charge in [-0.2, -0.15) is 0 Å². The summed E-state index contributed by atoms with van der Waals surface area (Å²) in [7, 11) is 1.72. The molecule has 0 saturated carbocycles. The number of esters is 1. The minimum Gasteiger partial charge on any atom is -0.466 e. The Morgan fingerprint density at radius 1 is 1.37 bits per heavy atom. The monoisotopic (exact) mass is 370 g/mol. The summed E-state index contributed by atoms with van der Waals surface area (Å²) in [5.74, 6) is -1.68. The summed E-state index contributed by atoms with van der Waals surface area (Å²) >= 11 is 0. The van der Waals surface area contributed by atoms with E-state index in [1.807, 2.05) is 24.3 Å². The fraction of sp³-hybridized carbons (Fsp3) is 0.476. The van der Waals surface area contributed by atoms with Crippen LogP contribution in [-0.2, 0) is 19.1 Å². The van der Waals surface area contributed by atoms with Gasteiger partial charge in [-0.1, -0.05) is 24.3 Å². The molecule has 0 N–H and O–H groups in total. The number of likely N-dealkylation sites (tertiary alicyclic amines) is 1. The van der Waals surface area contributed by atoms with E-state index < -0.39 is 17.4 Å². The predicted octanol–water partition coefficient (Wildman–Crippen LogP) is 2.49. The van der Waals surface area contributed by atoms with E-state index in [0.717, 1.165) is 11.3 Å². The van der Waals surface area contributed by atoms with Crippen molar-refractivity contribution in [1.82, 2.24) is 4.90 Å². The fourth-order valence-electron chi connectivity index (χ4n) is 4.51. The largest absolute Gasteiger partial charge is 0.466 e. The van der Waals surface area contributed by atoms with E-state index in [-0.39, 0.29) is 37.4 Å². The fourth-order valence-corrected chi connectivity index (χ4v) is 4.51. The molecule has 1 saturated heterocycles. The Bertz CT molecular complexity index is 790. The number of anilines is 1. The van der Waals surface area contributed by atoms with Gasteiger partial charge in [0.15, 0.2) is 0 Å². The molecule has 0 aliphatic carbocycles. The molecule has 0 radical (unpaired) electrons. The highest BCUT2D eigenvalue weighted by Crippen LogP contribution is 2.53. The molecular weight excluding hydrogens is 344 g/mol. The van der Waals surface area contributed by atoms with Gasteiger partial charge in [-0.25, -0.2) is 0 Å². The van der Waals surface area contributed by atoms with Crippen LogP contribution in [0.1, 0.15) is 38.2 Å². The molecule has 2 heterocycles. The van der Waals surface area contributed by atoms with Crippen LogP contribution in [0, 0.1) is 5.92 Å². The summed E-state index contributed by atoms with van der Waals surface area (Å²) in [5, 5.41) is 0. The van der Waals surface area contributed by atoms with E-state index >= 15 is 0 Å². The number of benzene rings is 1. The van der Waals surface area contributed by atoms with Crippen molar-refractivity contribution in [3.8, 4) is 0 Å². The molecule has 0 bridgehead atoms. The van der Waals surface area contributed by atoms with E-state index in [4.69, 9.17) is 4.74 Å². The van der Waals surface area contributed by atoms with Crippen molar-refractivity contribution in [3.63, 3.8) is 0 Å². The number of likely N-dealkylation sites (N-methyl/N-ethyl adjacent to an activating group) is 1. The van der Waals surface area contributed by atoms with Crippen molar-refractivity contribution >= 4 is 23.5 Å². The first-order valence-corrected chi connectivity index (χ1v) is 9.33. The maximum absolute atomic E-state index is 13.4. The first-order chi connectivity index (χ1) is 12.9. The zero-order valence-electron chi connectivity index (χ0n) is 16.1. The summed E-state index contributed by atoms with van der Waals surface area (Å²) in [4.78, 5) is 42.2. The van der Waals surface area contributed by atoms with Gasteiger partial charge in [0, 0.05) is 31.6 Å². The lowest BCUT2D eigenvalue weighted by molar-refractivity contribution is -0.148. The minimum atomic E-state index is -1.11. The van der Waals surface area contributed by atoms with E-state index in [2.05, 4.69) is 6.58 Å². The lowest BCUT2D eigenvalue weighted by Gasteiger charge is -2.45. The summed E-state index contributed by atoms with van der Waals surface area (Å²) in [5.41, 5.74) is 0.567. The molecule has 144 valence electrons. The average Bonchev–Trinajstić information content (AvgIpc) is 2.99. The summed E-state index contributed by atoms with van der Waals surface area (Å²) in [6, 6.07) is 7.57. The molecular formula is C21H26N2O4. The topological polar surface area (TPSA) is 66.9 Å². The SMILES string of the molecule is C=CCCC(=O)N1C[C@H](C(=O)OCC)[C@H]2c3ccccc3N(C)C(=O)[C@]21C. The number of amides is 2. The van der Waals surface area contributed by atoms with Crippen molar-refractivity contribution in [2.45, 2.75) is 38.1 Å². The molecule has 0 aromatic heterocycles. The van der Waals surface area contributed by atoms with Gasteiger partial charge in [-0.05, 0) is 31.9 Å². The number of para-hydroxylation sites is 1. The highest BCUT2D eigenvalue weighted by Gasteiger charge is 2.63. The molecule has 0 unspecified atom stereocenters. The van der Waals surface area contributed by atoms with Crippen LogP contribution in [0.4, 0.5) is 5.69 Å². The molecule has 6 nitrogen and oxygen atoms in total. The Morgan fingerprint density at radius 3 is 2.74 bits per heavy atom. The molecule has 6 heteroatoms. The van der Waals surface area contributed by atoms with Crippen LogP contribution in [0.15, 0.2) is 36.9 Å². The maximum atomic E-state index is 13.4. The second-order valence-corrected chi connectivity index (χ2v) is 7.24. The van der Waals surface area contributed by atoms with Crippen molar-refractivity contribution in [1.29, 1.82) is 0 Å². The number of carbonyl (C=O) groups is 3. The van der Waals surface area contributed by atoms with Crippen LogP contribution in [0.3, 0.4) is 0 Å². The molecule has 2 aliphatic rings. The van der Waals surface area contributed by atoms with E-state index in [9.17, 15) is 14.4 Å². The first kappa shape index (κ1) is 19.1. The maximum Gasteiger partial charge on any atom is 0.311 e. The number of carbonyl (C=O) groups excluding carboxylic acids is 3. The van der Waals surface area contributed by atoms with Crippen molar-refractivity contribution < 1.29 is 19.1 Å². The number of rotatable bonds is 5. The number of hydrogen-bond donors (Lipinski definition) is 0. The molecule has 1 fully saturated rings. The Labute approximate surface area is 159 Å². The van der Waals surface area contributed by atoms with E-state index in [0.29, 0.717) is 6.42 Å². The first-order valence-electron chi connectivity index (χ1n) is 9.33. The van der Waals surface area contributed by atoms with Crippen LogP contribution in [0.2, 0.25) is 0 Å². The third-order valence-corrected chi connectivity index (χ3v) is 5.77. The zero-order valence-corrected chi connectivity index (χ0v) is 16.1. The number of allylic oxidation sites excluding steroid dienone is 1. The van der Waals surface area contributed by atoms with Crippen molar-refractivity contribution in [3.05, 3.63) is 42.5 Å². The van der Waals surface area contributed by atoms with E-state index in [1.54, 1.807) is 36.8 Å². The number of fused-ring (bicyclic) bond motifs is 3. The van der Waals surface area contributed by atoms with Crippen LogP contribution < -0.4 is 4.90 Å². The molecule has 27 heavy (non-hydrogen) atoms. The number of ether oxygens (including phenoxy) is 1. The number of nitrogens with zero attached hydrogens (tertiary/aromatic N) is 2. The second-order valence-electron chi connectivity index (χ2n) is 7.24. The van der Waals surface area contributed by atoms with Gasteiger partial charge < -0.3 is 14.5 Å². The zero-order chi connectivity index (χ0) is 19.8. The Morgan fingerprint density at radius 2 is 2.07 bits per heavy atom. The molecule has 3 atom stereocenters. The van der Waals surface area contributed by atoms with Crippen LogP contribution in [-0.4, -0.2) is 48.4 Å². The van der Waals surface area contributed by atoms with Crippen LogP contribution in [0.25, 0.3) is 0 Å². The average molecular weight is 370 g/mol. The van der Waals surface area contributed by atoms with Crippen molar-refractivity contribution in [2.24, 2.45) is 5.92 Å². The second kappa shape index (κ2) is 7.18. The van der Waals surface area contributed by atoms with Gasteiger partial charge in [0.05, 0.1) is 12.5 Å². The molecule has 2 amide bonds. The summed E-state index contributed by atoms with van der Waals surface area (Å²) in [6.07, 6.45) is 2.47. The molecule has 1 aromatic rings. The van der Waals surface area contributed by atoms with Crippen LogP contribution in [0.5, 0.6) is 0 Å². The van der Waals surface area contributed by atoms with Gasteiger partial charge in [0.1, 0.15) is 5.54 Å². The lowest BCUT2D eigenvalue weighted by atomic mass is 9.72. The minimum absolute atomic E-state index is 0.143. The molecule has 2 aliphatic heterocycles. The van der Waals surface area contributed by atoms with Gasteiger partial charge in [-0.3, -0.25) is 14.4 Å². The van der Waals surface area contributed by atoms with Gasteiger partial charge >= 0.3 is 5.97 Å². The van der Waals surface area contributed by atoms with Gasteiger partial charge in [0.2, 0.25) is 5.91 Å². The normalized spacial score (nSPS) is 26.4. The number of hydrogen-bond acceptors (Lipinski definition) is 4. The Hall–Kier alpha value is -2.63. The van der Waals surface area contributed by atoms with Gasteiger partial charge in [0.25, 0.3) is 5.91 Å². The third-order valence-electron chi connectivity index (χ3n) is 5.77. The Kier molecular flexibility index (Phi) is 5.09. The third kappa shape index (κ3) is 2.83. The molecule has 3 rings (SSSR count). The van der Waals surface area contributed by atoms with Crippen LogP contribution >= 0.6 is 0 Å². The standard InChI is InChI=1S/C21H26N2O4/c1-5-7-12-17(24)23-13-15(19(25)27-6-2)18-14-10-8-9-11-16(14)22(4)20(26)21(18,23)3/h5,8-11,15,18H,1,6-7,12-13H2,2-4H3/t15-,18+,21-/m0/s1.